The molecule has 0 saturated carbocycles. The van der Waals surface area contributed by atoms with Gasteiger partial charge in [-0.05, 0) is 65.4 Å². The Kier molecular flexibility index (Phi) is 3.94. The van der Waals surface area contributed by atoms with E-state index in [9.17, 15) is 0 Å². The first-order valence-electron chi connectivity index (χ1n) is 6.24. The normalized spacial score (nSPS) is 14.2. The predicted molar refractivity (Wildman–Crippen MR) is 88.8 cm³/mol. The van der Waals surface area contributed by atoms with Crippen LogP contribution in [0.5, 0.6) is 11.5 Å². The van der Waals surface area contributed by atoms with Crippen molar-refractivity contribution in [3.8, 4) is 11.5 Å². The van der Waals surface area contributed by atoms with E-state index in [2.05, 4.69) is 34.8 Å². The molecule has 2 aromatic carbocycles. The standard InChI is InChI=1S/C15H13ClINO2/c1-9(18-13-4-3-11(17)7-12(13)16)10-2-5-14-15(6-10)20-8-19-14/h2-7,9,18H,8H2,1H3. The van der Waals surface area contributed by atoms with E-state index in [1.165, 1.54) is 0 Å². The number of hydrogen-bond acceptors (Lipinski definition) is 3. The van der Waals surface area contributed by atoms with Gasteiger partial charge >= 0.3 is 0 Å². The molecule has 20 heavy (non-hydrogen) atoms. The highest BCUT2D eigenvalue weighted by molar-refractivity contribution is 14.1. The first-order chi connectivity index (χ1) is 9.63. The fourth-order valence-electron chi connectivity index (χ4n) is 2.11. The molecule has 0 radical (unpaired) electrons. The Bertz CT molecular complexity index is 648. The zero-order valence-electron chi connectivity index (χ0n) is 10.8. The van der Waals surface area contributed by atoms with Gasteiger partial charge < -0.3 is 14.8 Å². The third-order valence-corrected chi connectivity index (χ3v) is 4.18. The lowest BCUT2D eigenvalue weighted by Gasteiger charge is -2.17. The van der Waals surface area contributed by atoms with E-state index in [4.69, 9.17) is 21.1 Å². The molecule has 1 unspecified atom stereocenters. The Morgan fingerprint density at radius 2 is 1.95 bits per heavy atom. The maximum atomic E-state index is 6.24. The Balaban J connectivity index is 1.80. The van der Waals surface area contributed by atoms with Crippen LogP contribution in [0.2, 0.25) is 5.02 Å². The van der Waals surface area contributed by atoms with Crippen molar-refractivity contribution in [2.24, 2.45) is 0 Å². The van der Waals surface area contributed by atoms with Crippen molar-refractivity contribution in [2.45, 2.75) is 13.0 Å². The number of ether oxygens (including phenoxy) is 2. The second kappa shape index (κ2) is 5.69. The molecule has 0 aromatic heterocycles. The molecular weight excluding hydrogens is 389 g/mol. The maximum absolute atomic E-state index is 6.24. The van der Waals surface area contributed by atoms with Crippen LogP contribution in [0.15, 0.2) is 36.4 Å². The number of benzene rings is 2. The molecule has 1 heterocycles. The van der Waals surface area contributed by atoms with E-state index in [1.807, 2.05) is 36.4 Å². The minimum atomic E-state index is 0.127. The predicted octanol–water partition coefficient (Wildman–Crippen LogP) is 4.85. The summed E-state index contributed by atoms with van der Waals surface area (Å²) in [6.45, 7) is 2.38. The molecule has 1 N–H and O–H groups in total. The van der Waals surface area contributed by atoms with E-state index in [0.717, 1.165) is 31.3 Å². The van der Waals surface area contributed by atoms with Crippen molar-refractivity contribution in [3.63, 3.8) is 0 Å². The lowest BCUT2D eigenvalue weighted by Crippen LogP contribution is -2.07. The summed E-state index contributed by atoms with van der Waals surface area (Å²) in [6, 6.07) is 12.1. The van der Waals surface area contributed by atoms with E-state index in [1.54, 1.807) is 0 Å². The van der Waals surface area contributed by atoms with Crippen LogP contribution < -0.4 is 14.8 Å². The van der Waals surface area contributed by atoms with Crippen LogP contribution in [0.1, 0.15) is 18.5 Å². The number of nitrogens with one attached hydrogen (secondary N) is 1. The third-order valence-electron chi connectivity index (χ3n) is 3.20. The molecule has 0 saturated heterocycles. The molecule has 0 amide bonds. The molecular formula is C15H13ClINO2. The largest absolute Gasteiger partial charge is 0.454 e. The number of rotatable bonds is 3. The number of hydrogen-bond donors (Lipinski definition) is 1. The summed E-state index contributed by atoms with van der Waals surface area (Å²) in [4.78, 5) is 0. The van der Waals surface area contributed by atoms with E-state index in [0.29, 0.717) is 6.79 Å². The number of anilines is 1. The molecule has 0 bridgehead atoms. The zero-order valence-corrected chi connectivity index (χ0v) is 13.7. The SMILES string of the molecule is CC(Nc1ccc(I)cc1Cl)c1ccc2c(c1)OCO2. The second-order valence-corrected chi connectivity index (χ2v) is 6.26. The van der Waals surface area contributed by atoms with E-state index < -0.39 is 0 Å². The van der Waals surface area contributed by atoms with Crippen molar-refractivity contribution in [1.29, 1.82) is 0 Å². The van der Waals surface area contributed by atoms with E-state index in [-0.39, 0.29) is 6.04 Å². The minimum Gasteiger partial charge on any atom is -0.454 e. The molecule has 1 atom stereocenters. The topological polar surface area (TPSA) is 30.5 Å². The van der Waals surface area contributed by atoms with Crippen molar-refractivity contribution in [2.75, 3.05) is 12.1 Å². The molecule has 5 heteroatoms. The summed E-state index contributed by atoms with van der Waals surface area (Å²) in [5, 5.41) is 4.14. The van der Waals surface area contributed by atoms with Gasteiger partial charge in [-0.1, -0.05) is 17.7 Å². The van der Waals surface area contributed by atoms with Crippen molar-refractivity contribution < 1.29 is 9.47 Å². The molecule has 3 rings (SSSR count). The van der Waals surface area contributed by atoms with Gasteiger partial charge in [0.1, 0.15) is 0 Å². The first-order valence-corrected chi connectivity index (χ1v) is 7.70. The van der Waals surface area contributed by atoms with Gasteiger partial charge in [-0.2, -0.15) is 0 Å². The van der Waals surface area contributed by atoms with Gasteiger partial charge in [0.15, 0.2) is 11.5 Å². The Hall–Kier alpha value is -1.14. The van der Waals surface area contributed by atoms with Gasteiger partial charge in [0.2, 0.25) is 6.79 Å². The van der Waals surface area contributed by atoms with Crippen LogP contribution in [0, 0.1) is 3.57 Å². The molecule has 0 fully saturated rings. The van der Waals surface area contributed by atoms with Gasteiger partial charge in [-0.3, -0.25) is 0 Å². The lowest BCUT2D eigenvalue weighted by molar-refractivity contribution is 0.174. The highest BCUT2D eigenvalue weighted by Crippen LogP contribution is 2.35. The smallest absolute Gasteiger partial charge is 0.231 e. The van der Waals surface area contributed by atoms with E-state index >= 15 is 0 Å². The van der Waals surface area contributed by atoms with Crippen molar-refractivity contribution in [3.05, 3.63) is 50.6 Å². The second-order valence-electron chi connectivity index (χ2n) is 4.60. The van der Waals surface area contributed by atoms with Crippen LogP contribution in [0.4, 0.5) is 5.69 Å². The monoisotopic (exact) mass is 401 g/mol. The van der Waals surface area contributed by atoms with Crippen LogP contribution in [-0.4, -0.2) is 6.79 Å². The number of fused-ring (bicyclic) bond motifs is 1. The van der Waals surface area contributed by atoms with Crippen LogP contribution in [0.3, 0.4) is 0 Å². The van der Waals surface area contributed by atoms with Gasteiger partial charge in [0, 0.05) is 9.61 Å². The Morgan fingerprint density at radius 1 is 1.15 bits per heavy atom. The number of halogens is 2. The Labute approximate surface area is 136 Å². The van der Waals surface area contributed by atoms with Crippen LogP contribution in [0.25, 0.3) is 0 Å². The van der Waals surface area contributed by atoms with Crippen molar-refractivity contribution in [1.82, 2.24) is 0 Å². The average Bonchev–Trinajstić information content (AvgIpc) is 2.89. The van der Waals surface area contributed by atoms with Crippen LogP contribution in [-0.2, 0) is 0 Å². The molecule has 104 valence electrons. The highest BCUT2D eigenvalue weighted by atomic mass is 127. The average molecular weight is 402 g/mol. The van der Waals surface area contributed by atoms with Crippen molar-refractivity contribution >= 4 is 39.9 Å². The molecule has 3 nitrogen and oxygen atoms in total. The van der Waals surface area contributed by atoms with Gasteiger partial charge in [0.25, 0.3) is 0 Å². The summed E-state index contributed by atoms with van der Waals surface area (Å²) in [7, 11) is 0. The summed E-state index contributed by atoms with van der Waals surface area (Å²) in [6.07, 6.45) is 0. The van der Waals surface area contributed by atoms with Crippen LogP contribution >= 0.6 is 34.2 Å². The maximum Gasteiger partial charge on any atom is 0.231 e. The molecule has 2 aromatic rings. The summed E-state index contributed by atoms with van der Waals surface area (Å²) >= 11 is 8.49. The van der Waals surface area contributed by atoms with Gasteiger partial charge in [-0.25, -0.2) is 0 Å². The minimum absolute atomic E-state index is 0.127. The first kappa shape index (κ1) is 13.8. The fraction of sp³-hybridized carbons (Fsp3) is 0.200. The van der Waals surface area contributed by atoms with Gasteiger partial charge in [-0.15, -0.1) is 0 Å². The molecule has 1 aliphatic rings. The third kappa shape index (κ3) is 2.81. The fourth-order valence-corrected chi connectivity index (χ4v) is 3.02. The molecule has 0 spiro atoms. The lowest BCUT2D eigenvalue weighted by atomic mass is 10.1. The molecule has 1 aliphatic heterocycles. The summed E-state index contributed by atoms with van der Waals surface area (Å²) in [5.74, 6) is 1.60. The summed E-state index contributed by atoms with van der Waals surface area (Å²) < 4.78 is 11.8. The molecule has 0 aliphatic carbocycles. The van der Waals surface area contributed by atoms with Gasteiger partial charge in [0.05, 0.1) is 10.7 Å². The highest BCUT2D eigenvalue weighted by Gasteiger charge is 2.16. The summed E-state index contributed by atoms with van der Waals surface area (Å²) in [5.41, 5.74) is 2.06. The zero-order chi connectivity index (χ0) is 14.1. The Morgan fingerprint density at radius 3 is 2.75 bits per heavy atom. The quantitative estimate of drug-likeness (QED) is 0.746.